The molecule has 0 aliphatic rings. The van der Waals surface area contributed by atoms with Gasteiger partial charge in [0.25, 0.3) is 0 Å². The molecule has 0 amide bonds. The fourth-order valence-corrected chi connectivity index (χ4v) is 1.76. The van der Waals surface area contributed by atoms with E-state index in [4.69, 9.17) is 0 Å². The van der Waals surface area contributed by atoms with Crippen molar-refractivity contribution in [2.75, 3.05) is 24.3 Å². The van der Waals surface area contributed by atoms with E-state index in [-0.39, 0.29) is 0 Å². The Kier molecular flexibility index (Phi) is 3.32. The fraction of sp³-hybridized carbons (Fsp3) is 0.308. The molecule has 0 aliphatic carbocycles. The Morgan fingerprint density at radius 1 is 1.24 bits per heavy atom. The molecule has 0 bridgehead atoms. The molecule has 0 saturated heterocycles. The Morgan fingerprint density at radius 2 is 2.00 bits per heavy atom. The largest absolute Gasteiger partial charge is 0.378 e. The van der Waals surface area contributed by atoms with Gasteiger partial charge in [-0.1, -0.05) is 12.1 Å². The molecular weight excluding hydrogens is 212 g/mol. The Balaban J connectivity index is 2.08. The molecule has 17 heavy (non-hydrogen) atoms. The van der Waals surface area contributed by atoms with E-state index in [9.17, 15) is 0 Å². The summed E-state index contributed by atoms with van der Waals surface area (Å²) in [6, 6.07) is 10.3. The van der Waals surface area contributed by atoms with Gasteiger partial charge in [0.15, 0.2) is 0 Å². The van der Waals surface area contributed by atoms with Crippen LogP contribution < -0.4 is 10.2 Å². The average Bonchev–Trinajstić information content (AvgIpc) is 2.73. The number of nitrogens with one attached hydrogen (secondary N) is 1. The zero-order chi connectivity index (χ0) is 12.3. The van der Waals surface area contributed by atoms with E-state index < -0.39 is 0 Å². The van der Waals surface area contributed by atoms with Crippen molar-refractivity contribution in [3.05, 3.63) is 42.2 Å². The molecule has 0 aliphatic heterocycles. The van der Waals surface area contributed by atoms with Crippen LogP contribution in [-0.2, 0) is 13.6 Å². The van der Waals surface area contributed by atoms with Gasteiger partial charge in [-0.15, -0.1) is 0 Å². The second-order valence-electron chi connectivity index (χ2n) is 4.25. The van der Waals surface area contributed by atoms with Crippen LogP contribution in [0.3, 0.4) is 0 Å². The van der Waals surface area contributed by atoms with Crippen LogP contribution in [0.25, 0.3) is 0 Å². The molecule has 0 saturated carbocycles. The van der Waals surface area contributed by atoms with Gasteiger partial charge >= 0.3 is 0 Å². The molecular formula is C13H18N4. The van der Waals surface area contributed by atoms with E-state index in [1.807, 2.05) is 50.2 Å². The zero-order valence-corrected chi connectivity index (χ0v) is 10.5. The summed E-state index contributed by atoms with van der Waals surface area (Å²) in [6.45, 7) is 0.742. The Labute approximate surface area is 102 Å². The van der Waals surface area contributed by atoms with Crippen LogP contribution in [0.15, 0.2) is 36.5 Å². The lowest BCUT2D eigenvalue weighted by Crippen LogP contribution is -2.12. The summed E-state index contributed by atoms with van der Waals surface area (Å²) in [6.07, 6.45) is 1.95. The van der Waals surface area contributed by atoms with Crippen molar-refractivity contribution < 1.29 is 0 Å². The topological polar surface area (TPSA) is 33.1 Å². The van der Waals surface area contributed by atoms with E-state index in [2.05, 4.69) is 27.4 Å². The smallest absolute Gasteiger partial charge is 0.0815 e. The van der Waals surface area contributed by atoms with Crippen LogP contribution in [0.1, 0.15) is 5.69 Å². The lowest BCUT2D eigenvalue weighted by atomic mass is 10.2. The van der Waals surface area contributed by atoms with E-state index in [0.717, 1.165) is 17.9 Å². The third-order valence-electron chi connectivity index (χ3n) is 2.61. The predicted molar refractivity (Wildman–Crippen MR) is 71.3 cm³/mol. The summed E-state index contributed by atoms with van der Waals surface area (Å²) in [5.41, 5.74) is 3.35. The number of aryl methyl sites for hydroxylation is 1. The third-order valence-corrected chi connectivity index (χ3v) is 2.61. The van der Waals surface area contributed by atoms with Crippen molar-refractivity contribution in [3.8, 4) is 0 Å². The quantitative estimate of drug-likeness (QED) is 0.873. The number of rotatable bonds is 4. The first kappa shape index (κ1) is 11.5. The van der Waals surface area contributed by atoms with Crippen molar-refractivity contribution in [3.63, 3.8) is 0 Å². The van der Waals surface area contributed by atoms with Crippen LogP contribution in [0.5, 0.6) is 0 Å². The second-order valence-corrected chi connectivity index (χ2v) is 4.25. The minimum absolute atomic E-state index is 0.742. The highest BCUT2D eigenvalue weighted by Gasteiger charge is 2.03. The number of hydrogen-bond acceptors (Lipinski definition) is 3. The summed E-state index contributed by atoms with van der Waals surface area (Å²) in [5.74, 6) is 0. The molecule has 90 valence electrons. The van der Waals surface area contributed by atoms with Crippen LogP contribution in [0.2, 0.25) is 0 Å². The van der Waals surface area contributed by atoms with Gasteiger partial charge in [0.2, 0.25) is 0 Å². The highest BCUT2D eigenvalue weighted by atomic mass is 15.3. The third kappa shape index (κ3) is 2.78. The van der Waals surface area contributed by atoms with Crippen molar-refractivity contribution in [2.24, 2.45) is 7.05 Å². The van der Waals surface area contributed by atoms with Crippen molar-refractivity contribution in [1.29, 1.82) is 0 Å². The first-order chi connectivity index (χ1) is 8.16. The fourth-order valence-electron chi connectivity index (χ4n) is 1.76. The standard InChI is InChI=1S/C13H18N4/c1-16(2)13-7-5-4-6-12(13)14-10-11-8-9-17(3)15-11/h4-9,14H,10H2,1-3H3. The first-order valence-electron chi connectivity index (χ1n) is 5.65. The molecule has 4 heteroatoms. The molecule has 2 rings (SSSR count). The van der Waals surface area contributed by atoms with Gasteiger partial charge in [0, 0.05) is 27.3 Å². The molecule has 1 N–H and O–H groups in total. The van der Waals surface area contributed by atoms with Gasteiger partial charge in [-0.3, -0.25) is 4.68 Å². The van der Waals surface area contributed by atoms with Gasteiger partial charge < -0.3 is 10.2 Å². The minimum Gasteiger partial charge on any atom is -0.378 e. The number of para-hydroxylation sites is 2. The molecule has 0 atom stereocenters. The van der Waals surface area contributed by atoms with E-state index >= 15 is 0 Å². The summed E-state index contributed by atoms with van der Waals surface area (Å²) in [5, 5.41) is 7.75. The molecule has 1 aromatic heterocycles. The van der Waals surface area contributed by atoms with Gasteiger partial charge in [-0.25, -0.2) is 0 Å². The maximum atomic E-state index is 4.34. The summed E-state index contributed by atoms with van der Waals surface area (Å²) < 4.78 is 1.81. The second kappa shape index (κ2) is 4.91. The SMILES string of the molecule is CN(C)c1ccccc1NCc1ccn(C)n1. The monoisotopic (exact) mass is 230 g/mol. The highest BCUT2D eigenvalue weighted by molar-refractivity contribution is 5.69. The summed E-state index contributed by atoms with van der Waals surface area (Å²) in [7, 11) is 6.01. The zero-order valence-electron chi connectivity index (χ0n) is 10.5. The lowest BCUT2D eigenvalue weighted by molar-refractivity contribution is 0.747. The van der Waals surface area contributed by atoms with Gasteiger partial charge in [0.1, 0.15) is 0 Å². The number of aromatic nitrogens is 2. The molecule has 4 nitrogen and oxygen atoms in total. The maximum Gasteiger partial charge on any atom is 0.0815 e. The predicted octanol–water partition coefficient (Wildman–Crippen LogP) is 2.10. The number of nitrogens with zero attached hydrogens (tertiary/aromatic N) is 3. The Bertz CT molecular complexity index is 488. The molecule has 0 unspecified atom stereocenters. The average molecular weight is 230 g/mol. The molecule has 0 spiro atoms. The van der Waals surface area contributed by atoms with E-state index in [1.54, 1.807) is 0 Å². The highest BCUT2D eigenvalue weighted by Crippen LogP contribution is 2.23. The minimum atomic E-state index is 0.742. The van der Waals surface area contributed by atoms with Crippen LogP contribution in [-0.4, -0.2) is 23.9 Å². The van der Waals surface area contributed by atoms with Crippen LogP contribution in [0, 0.1) is 0 Å². The molecule has 2 aromatic rings. The van der Waals surface area contributed by atoms with Gasteiger partial charge in [0.05, 0.1) is 23.6 Å². The van der Waals surface area contributed by atoms with Gasteiger partial charge in [-0.2, -0.15) is 5.10 Å². The normalized spacial score (nSPS) is 10.3. The Hall–Kier alpha value is -1.97. The Morgan fingerprint density at radius 3 is 2.65 bits per heavy atom. The lowest BCUT2D eigenvalue weighted by Gasteiger charge is -2.17. The van der Waals surface area contributed by atoms with Crippen LogP contribution >= 0.6 is 0 Å². The number of benzene rings is 1. The summed E-state index contributed by atoms with van der Waals surface area (Å²) >= 11 is 0. The van der Waals surface area contributed by atoms with Crippen molar-refractivity contribution in [2.45, 2.75) is 6.54 Å². The van der Waals surface area contributed by atoms with Crippen LogP contribution in [0.4, 0.5) is 11.4 Å². The first-order valence-corrected chi connectivity index (χ1v) is 5.65. The van der Waals surface area contributed by atoms with Gasteiger partial charge in [-0.05, 0) is 18.2 Å². The van der Waals surface area contributed by atoms with E-state index in [0.29, 0.717) is 0 Å². The molecule has 0 radical (unpaired) electrons. The molecule has 1 aromatic carbocycles. The van der Waals surface area contributed by atoms with Crippen molar-refractivity contribution >= 4 is 11.4 Å². The molecule has 1 heterocycles. The van der Waals surface area contributed by atoms with Crippen molar-refractivity contribution in [1.82, 2.24) is 9.78 Å². The summed E-state index contributed by atoms with van der Waals surface area (Å²) in [4.78, 5) is 2.10. The number of hydrogen-bond donors (Lipinski definition) is 1. The van der Waals surface area contributed by atoms with E-state index in [1.165, 1.54) is 5.69 Å². The maximum absolute atomic E-state index is 4.34. The molecule has 0 fully saturated rings. The number of anilines is 2.